The number of benzene rings is 1. The van der Waals surface area contributed by atoms with Crippen LogP contribution < -0.4 is 10.6 Å². The van der Waals surface area contributed by atoms with E-state index >= 15 is 0 Å². The van der Waals surface area contributed by atoms with Gasteiger partial charge >= 0.3 is 0 Å². The summed E-state index contributed by atoms with van der Waals surface area (Å²) in [5, 5.41) is 15.4. The second-order valence-corrected chi connectivity index (χ2v) is 7.80. The molecule has 0 spiro atoms. The molecule has 6 nitrogen and oxygen atoms in total. The van der Waals surface area contributed by atoms with Crippen LogP contribution in [0.4, 0.5) is 0 Å². The fraction of sp³-hybridized carbons (Fsp3) is 0.421. The molecule has 0 radical (unpaired) electrons. The lowest BCUT2D eigenvalue weighted by molar-refractivity contribution is -0.115. The summed E-state index contributed by atoms with van der Waals surface area (Å²) in [4.78, 5) is 21.0. The number of fused-ring (bicyclic) bond motifs is 1. The molecule has 2 heterocycles. The Morgan fingerprint density at radius 3 is 3.00 bits per heavy atom. The number of aromatic nitrogens is 1. The molecule has 1 amide bonds. The van der Waals surface area contributed by atoms with Crippen LogP contribution in [0.2, 0.25) is 0 Å². The maximum Gasteiger partial charge on any atom is 0.274 e. The van der Waals surface area contributed by atoms with Crippen LogP contribution in [-0.2, 0) is 4.79 Å². The summed E-state index contributed by atoms with van der Waals surface area (Å²) in [7, 11) is 0. The van der Waals surface area contributed by atoms with Crippen molar-refractivity contribution in [3.63, 3.8) is 0 Å². The van der Waals surface area contributed by atoms with E-state index in [0.29, 0.717) is 17.6 Å². The molecule has 26 heavy (non-hydrogen) atoms. The number of guanidine groups is 1. The maximum atomic E-state index is 12.2. The lowest BCUT2D eigenvalue weighted by Crippen LogP contribution is -2.29. The van der Waals surface area contributed by atoms with Gasteiger partial charge in [-0.25, -0.2) is 9.98 Å². The van der Waals surface area contributed by atoms with Crippen molar-refractivity contribution in [3.05, 3.63) is 35.0 Å². The van der Waals surface area contributed by atoms with Crippen molar-refractivity contribution < 1.29 is 9.90 Å². The Balaban J connectivity index is 1.48. The molecule has 2 aromatic rings. The van der Waals surface area contributed by atoms with Gasteiger partial charge in [0, 0.05) is 0 Å². The number of aliphatic hydroxyl groups is 1. The molecule has 2 aliphatic rings. The summed E-state index contributed by atoms with van der Waals surface area (Å²) in [5.41, 5.74) is 4.17. The predicted molar refractivity (Wildman–Crippen MR) is 104 cm³/mol. The Morgan fingerprint density at radius 2 is 2.19 bits per heavy atom. The average molecular weight is 370 g/mol. The van der Waals surface area contributed by atoms with Crippen LogP contribution in [0.3, 0.4) is 0 Å². The predicted octanol–water partition coefficient (Wildman–Crippen LogP) is 2.65. The zero-order chi connectivity index (χ0) is 17.9. The minimum atomic E-state index is -0.203. The number of hydrogen-bond donors (Lipinski definition) is 3. The van der Waals surface area contributed by atoms with Crippen LogP contribution >= 0.6 is 11.3 Å². The third kappa shape index (κ3) is 3.78. The SMILES string of the molecule is O=C1NC(=NC(CO)CC2CCCC2)N/C1=C\c1ccc2ncsc2c1. The number of nitrogens with zero attached hydrogens (tertiary/aromatic N) is 2. The molecular formula is C19H22N4O2S. The number of aliphatic hydroxyl groups excluding tert-OH is 1. The van der Waals surface area contributed by atoms with Crippen molar-refractivity contribution in [3.8, 4) is 0 Å². The van der Waals surface area contributed by atoms with Gasteiger partial charge < -0.3 is 10.4 Å². The van der Waals surface area contributed by atoms with Crippen molar-refractivity contribution >= 4 is 39.5 Å². The zero-order valence-electron chi connectivity index (χ0n) is 14.4. The Hall–Kier alpha value is -2.25. The molecule has 1 unspecified atom stereocenters. The van der Waals surface area contributed by atoms with Crippen molar-refractivity contribution in [2.75, 3.05) is 6.61 Å². The van der Waals surface area contributed by atoms with Crippen LogP contribution in [0.15, 0.2) is 34.4 Å². The first-order valence-electron chi connectivity index (χ1n) is 9.03. The molecule has 7 heteroatoms. The zero-order valence-corrected chi connectivity index (χ0v) is 15.3. The standard InChI is InChI=1S/C19H22N4O2S/c24-10-14(7-12-3-1-2-4-12)21-19-22-16(18(25)23-19)8-13-5-6-15-17(9-13)26-11-20-15/h5-6,8-9,11-12,14,24H,1-4,7,10H2,(H2,21,22,23,25)/b16-8-. The van der Waals surface area contributed by atoms with Crippen molar-refractivity contribution in [1.29, 1.82) is 0 Å². The fourth-order valence-electron chi connectivity index (χ4n) is 3.67. The molecule has 3 N–H and O–H groups in total. The van der Waals surface area contributed by atoms with E-state index in [1.54, 1.807) is 11.3 Å². The first-order chi connectivity index (χ1) is 12.7. The van der Waals surface area contributed by atoms with E-state index in [1.165, 1.54) is 25.7 Å². The highest BCUT2D eigenvalue weighted by molar-refractivity contribution is 7.16. The lowest BCUT2D eigenvalue weighted by atomic mass is 9.99. The Morgan fingerprint density at radius 1 is 1.35 bits per heavy atom. The normalized spacial score (nSPS) is 22.3. The molecule has 1 aliphatic carbocycles. The van der Waals surface area contributed by atoms with Gasteiger partial charge in [0.2, 0.25) is 5.96 Å². The lowest BCUT2D eigenvalue weighted by Gasteiger charge is -2.15. The van der Waals surface area contributed by atoms with E-state index < -0.39 is 0 Å². The Labute approximate surface area is 156 Å². The molecule has 4 rings (SSSR count). The maximum absolute atomic E-state index is 12.2. The number of nitrogens with one attached hydrogen (secondary N) is 2. The minimum absolute atomic E-state index is 0.00135. The molecule has 136 valence electrons. The van der Waals surface area contributed by atoms with Crippen LogP contribution in [0.1, 0.15) is 37.7 Å². The van der Waals surface area contributed by atoms with Crippen LogP contribution in [0.25, 0.3) is 16.3 Å². The van der Waals surface area contributed by atoms with Gasteiger partial charge in [0.05, 0.1) is 28.4 Å². The summed E-state index contributed by atoms with van der Waals surface area (Å²) in [6.07, 6.45) is 7.65. The Kier molecular flexibility index (Phi) is 4.99. The van der Waals surface area contributed by atoms with E-state index in [9.17, 15) is 9.90 Å². The number of carbonyl (C=O) groups is 1. The van der Waals surface area contributed by atoms with Gasteiger partial charge in [-0.05, 0) is 36.1 Å². The number of amides is 1. The van der Waals surface area contributed by atoms with Gasteiger partial charge in [0.15, 0.2) is 0 Å². The fourth-order valence-corrected chi connectivity index (χ4v) is 4.39. The number of thiazole rings is 1. The molecular weight excluding hydrogens is 348 g/mol. The third-order valence-corrected chi connectivity index (χ3v) is 5.79. The van der Waals surface area contributed by atoms with Gasteiger partial charge in [-0.2, -0.15) is 0 Å². The third-order valence-electron chi connectivity index (χ3n) is 5.00. The molecule has 1 saturated carbocycles. The van der Waals surface area contributed by atoms with E-state index in [-0.39, 0.29) is 18.6 Å². The molecule has 1 aliphatic heterocycles. The van der Waals surface area contributed by atoms with Gasteiger partial charge in [-0.15, -0.1) is 11.3 Å². The van der Waals surface area contributed by atoms with E-state index in [1.807, 2.05) is 29.8 Å². The second-order valence-electron chi connectivity index (χ2n) is 6.92. The van der Waals surface area contributed by atoms with Gasteiger partial charge in [-0.1, -0.05) is 31.7 Å². The first-order valence-corrected chi connectivity index (χ1v) is 9.91. The highest BCUT2D eigenvalue weighted by Gasteiger charge is 2.24. The van der Waals surface area contributed by atoms with Crippen LogP contribution in [0.5, 0.6) is 0 Å². The molecule has 1 aromatic carbocycles. The number of carbonyl (C=O) groups excluding carboxylic acids is 1. The topological polar surface area (TPSA) is 86.6 Å². The van der Waals surface area contributed by atoms with Crippen molar-refractivity contribution in [2.45, 2.75) is 38.1 Å². The van der Waals surface area contributed by atoms with E-state index in [0.717, 1.165) is 22.2 Å². The number of aliphatic imine (C=N–C) groups is 1. The summed E-state index contributed by atoms with van der Waals surface area (Å²) in [6, 6.07) is 5.73. The summed E-state index contributed by atoms with van der Waals surface area (Å²) >= 11 is 1.57. The summed E-state index contributed by atoms with van der Waals surface area (Å²) in [6.45, 7) is -0.00135. The Bertz CT molecular complexity index is 867. The van der Waals surface area contributed by atoms with Crippen LogP contribution in [-0.4, -0.2) is 34.6 Å². The summed E-state index contributed by atoms with van der Waals surface area (Å²) < 4.78 is 1.09. The molecule has 1 saturated heterocycles. The molecule has 2 fully saturated rings. The largest absolute Gasteiger partial charge is 0.394 e. The van der Waals surface area contributed by atoms with Gasteiger partial charge in [0.25, 0.3) is 5.91 Å². The van der Waals surface area contributed by atoms with E-state index in [4.69, 9.17) is 0 Å². The molecule has 1 aromatic heterocycles. The minimum Gasteiger partial charge on any atom is -0.394 e. The quantitative estimate of drug-likeness (QED) is 0.706. The van der Waals surface area contributed by atoms with Crippen molar-refractivity contribution in [1.82, 2.24) is 15.6 Å². The first kappa shape index (κ1) is 17.2. The van der Waals surface area contributed by atoms with Gasteiger partial charge in [-0.3, -0.25) is 10.1 Å². The molecule has 1 atom stereocenters. The monoisotopic (exact) mass is 370 g/mol. The summed E-state index contributed by atoms with van der Waals surface area (Å²) in [5.74, 6) is 0.859. The number of hydrogen-bond acceptors (Lipinski definition) is 5. The highest BCUT2D eigenvalue weighted by atomic mass is 32.1. The van der Waals surface area contributed by atoms with Crippen molar-refractivity contribution in [2.24, 2.45) is 10.9 Å². The van der Waals surface area contributed by atoms with E-state index in [2.05, 4.69) is 20.6 Å². The second kappa shape index (κ2) is 7.55. The van der Waals surface area contributed by atoms with Gasteiger partial charge in [0.1, 0.15) is 5.70 Å². The average Bonchev–Trinajstić information content (AvgIpc) is 3.36. The highest BCUT2D eigenvalue weighted by Crippen LogP contribution is 2.29. The number of rotatable bonds is 5. The molecule has 0 bridgehead atoms. The smallest absolute Gasteiger partial charge is 0.274 e. The van der Waals surface area contributed by atoms with Crippen LogP contribution in [0, 0.1) is 5.92 Å².